The van der Waals surface area contributed by atoms with E-state index in [4.69, 9.17) is 0 Å². The third-order valence-electron chi connectivity index (χ3n) is 4.62. The third kappa shape index (κ3) is 11.0. The molecule has 0 spiro atoms. The minimum Gasteiger partial charge on any atom is -0.508 e. The number of phenols is 1. The third-order valence-corrected chi connectivity index (χ3v) is 4.62. The molecule has 0 aliphatic rings. The molecular formula is C23H38N2O3. The molecule has 1 aromatic rings. The molecule has 0 bridgehead atoms. The average Bonchev–Trinajstić information content (AvgIpc) is 2.61. The quantitative estimate of drug-likeness (QED) is 0.465. The van der Waals surface area contributed by atoms with Crippen molar-refractivity contribution in [2.75, 3.05) is 6.54 Å². The van der Waals surface area contributed by atoms with E-state index in [1.807, 2.05) is 12.1 Å². The molecule has 3 N–H and O–H groups in total. The first-order valence-electron chi connectivity index (χ1n) is 10.6. The molecule has 0 saturated heterocycles. The Kier molecular flexibility index (Phi) is 10.6. The van der Waals surface area contributed by atoms with E-state index in [2.05, 4.69) is 38.3 Å². The van der Waals surface area contributed by atoms with Crippen LogP contribution in [0.4, 0.5) is 0 Å². The number of hydrogen-bond acceptors (Lipinski definition) is 3. The molecule has 2 amide bonds. The molecular weight excluding hydrogens is 352 g/mol. The van der Waals surface area contributed by atoms with Gasteiger partial charge in [-0.3, -0.25) is 9.59 Å². The van der Waals surface area contributed by atoms with E-state index >= 15 is 0 Å². The SMILES string of the molecule is CCCCCCCC(=O)N[C@H](CC(C)(C)C)C(=O)NCCc1ccc(O)cc1. The van der Waals surface area contributed by atoms with E-state index in [1.54, 1.807) is 12.1 Å². The van der Waals surface area contributed by atoms with Crippen LogP contribution in [0, 0.1) is 5.41 Å². The van der Waals surface area contributed by atoms with Crippen LogP contribution in [0.25, 0.3) is 0 Å². The van der Waals surface area contributed by atoms with Crippen molar-refractivity contribution >= 4 is 11.8 Å². The summed E-state index contributed by atoms with van der Waals surface area (Å²) >= 11 is 0. The number of phenolic OH excluding ortho intramolecular Hbond substituents is 1. The maximum Gasteiger partial charge on any atom is 0.242 e. The van der Waals surface area contributed by atoms with Crippen LogP contribution in [0.3, 0.4) is 0 Å². The number of amides is 2. The van der Waals surface area contributed by atoms with Crippen molar-refractivity contribution in [3.05, 3.63) is 29.8 Å². The normalized spacial score (nSPS) is 12.4. The summed E-state index contributed by atoms with van der Waals surface area (Å²) in [5.74, 6) is 0.0582. The van der Waals surface area contributed by atoms with Gasteiger partial charge in [-0.05, 0) is 42.4 Å². The van der Waals surface area contributed by atoms with Crippen LogP contribution in [0.5, 0.6) is 5.75 Å². The molecule has 0 aliphatic heterocycles. The van der Waals surface area contributed by atoms with Crippen molar-refractivity contribution < 1.29 is 14.7 Å². The molecule has 1 atom stereocenters. The molecule has 1 aromatic carbocycles. The first-order valence-corrected chi connectivity index (χ1v) is 10.6. The summed E-state index contributed by atoms with van der Waals surface area (Å²) in [6.07, 6.45) is 7.24. The van der Waals surface area contributed by atoms with Crippen LogP contribution in [-0.4, -0.2) is 29.5 Å². The Labute approximate surface area is 170 Å². The zero-order chi connectivity index (χ0) is 21.0. The van der Waals surface area contributed by atoms with Crippen molar-refractivity contribution in [2.24, 2.45) is 5.41 Å². The Hall–Kier alpha value is -2.04. The Balaban J connectivity index is 2.48. The van der Waals surface area contributed by atoms with E-state index in [9.17, 15) is 14.7 Å². The molecule has 0 unspecified atom stereocenters. The summed E-state index contributed by atoms with van der Waals surface area (Å²) in [6.45, 7) is 8.88. The van der Waals surface area contributed by atoms with Crippen LogP contribution in [0.2, 0.25) is 0 Å². The van der Waals surface area contributed by atoms with E-state index < -0.39 is 6.04 Å². The van der Waals surface area contributed by atoms with Gasteiger partial charge in [0, 0.05) is 13.0 Å². The Morgan fingerprint density at radius 2 is 1.68 bits per heavy atom. The van der Waals surface area contributed by atoms with E-state index in [-0.39, 0.29) is 23.0 Å². The molecule has 158 valence electrons. The summed E-state index contributed by atoms with van der Waals surface area (Å²) in [5.41, 5.74) is 0.981. The molecule has 5 heteroatoms. The summed E-state index contributed by atoms with van der Waals surface area (Å²) in [7, 11) is 0. The van der Waals surface area contributed by atoms with Crippen LogP contribution in [0.1, 0.15) is 78.2 Å². The highest BCUT2D eigenvalue weighted by atomic mass is 16.3. The fourth-order valence-electron chi connectivity index (χ4n) is 3.09. The van der Waals surface area contributed by atoms with Gasteiger partial charge in [0.2, 0.25) is 11.8 Å². The molecule has 0 heterocycles. The minimum atomic E-state index is -0.511. The summed E-state index contributed by atoms with van der Waals surface area (Å²) in [6, 6.07) is 6.45. The first-order chi connectivity index (χ1) is 13.2. The molecule has 0 aliphatic carbocycles. The highest BCUT2D eigenvalue weighted by molar-refractivity contribution is 5.87. The lowest BCUT2D eigenvalue weighted by Gasteiger charge is -2.26. The lowest BCUT2D eigenvalue weighted by Crippen LogP contribution is -2.48. The summed E-state index contributed by atoms with van der Waals surface area (Å²) in [5, 5.41) is 15.2. The van der Waals surface area contributed by atoms with Crippen molar-refractivity contribution in [3.63, 3.8) is 0 Å². The number of carbonyl (C=O) groups excluding carboxylic acids is 2. The van der Waals surface area contributed by atoms with Crippen LogP contribution < -0.4 is 10.6 Å². The standard InChI is InChI=1S/C23H38N2O3/c1-5-6-7-8-9-10-21(27)25-20(17-23(2,3)4)22(28)24-16-15-18-11-13-19(26)14-12-18/h11-14,20,26H,5-10,15-17H2,1-4H3,(H,24,28)(H,25,27)/t20-/m1/s1. The topological polar surface area (TPSA) is 78.4 Å². The van der Waals surface area contributed by atoms with Gasteiger partial charge in [0.05, 0.1) is 0 Å². The zero-order valence-electron chi connectivity index (χ0n) is 18.0. The Morgan fingerprint density at radius 3 is 2.29 bits per heavy atom. The highest BCUT2D eigenvalue weighted by Gasteiger charge is 2.26. The van der Waals surface area contributed by atoms with Crippen molar-refractivity contribution in [1.29, 1.82) is 0 Å². The summed E-state index contributed by atoms with van der Waals surface area (Å²) < 4.78 is 0. The Morgan fingerprint density at radius 1 is 1.04 bits per heavy atom. The Bertz CT molecular complexity index is 591. The predicted molar refractivity (Wildman–Crippen MR) is 114 cm³/mol. The van der Waals surface area contributed by atoms with Gasteiger partial charge in [-0.15, -0.1) is 0 Å². The average molecular weight is 391 g/mol. The van der Waals surface area contributed by atoms with Gasteiger partial charge in [0.15, 0.2) is 0 Å². The fraction of sp³-hybridized carbons (Fsp3) is 0.652. The molecule has 0 aromatic heterocycles. The first kappa shape index (κ1) is 24.0. The van der Waals surface area contributed by atoms with Gasteiger partial charge in [0.25, 0.3) is 0 Å². The van der Waals surface area contributed by atoms with E-state index in [1.165, 1.54) is 12.8 Å². The van der Waals surface area contributed by atoms with Gasteiger partial charge in [0.1, 0.15) is 11.8 Å². The van der Waals surface area contributed by atoms with Gasteiger partial charge < -0.3 is 15.7 Å². The number of rotatable bonds is 12. The van der Waals surface area contributed by atoms with Crippen LogP contribution >= 0.6 is 0 Å². The van der Waals surface area contributed by atoms with Crippen molar-refractivity contribution in [1.82, 2.24) is 10.6 Å². The van der Waals surface area contributed by atoms with E-state index in [0.29, 0.717) is 25.8 Å². The smallest absolute Gasteiger partial charge is 0.242 e. The van der Waals surface area contributed by atoms with Crippen LogP contribution in [0.15, 0.2) is 24.3 Å². The lowest BCUT2D eigenvalue weighted by molar-refractivity contribution is -0.129. The maximum absolute atomic E-state index is 12.7. The van der Waals surface area contributed by atoms with Gasteiger partial charge in [-0.25, -0.2) is 0 Å². The summed E-state index contributed by atoms with van der Waals surface area (Å²) in [4.78, 5) is 24.9. The largest absolute Gasteiger partial charge is 0.508 e. The van der Waals surface area contributed by atoms with Gasteiger partial charge >= 0.3 is 0 Å². The number of unbranched alkanes of at least 4 members (excludes halogenated alkanes) is 4. The number of aromatic hydroxyl groups is 1. The fourth-order valence-corrected chi connectivity index (χ4v) is 3.09. The van der Waals surface area contributed by atoms with E-state index in [0.717, 1.165) is 24.8 Å². The molecule has 28 heavy (non-hydrogen) atoms. The number of carbonyl (C=O) groups is 2. The monoisotopic (exact) mass is 390 g/mol. The minimum absolute atomic E-state index is 0.0422. The van der Waals surface area contributed by atoms with Gasteiger partial charge in [-0.1, -0.05) is 65.5 Å². The number of benzene rings is 1. The second-order valence-electron chi connectivity index (χ2n) is 8.76. The second-order valence-corrected chi connectivity index (χ2v) is 8.76. The van der Waals surface area contributed by atoms with Crippen molar-refractivity contribution in [2.45, 2.75) is 85.1 Å². The molecule has 1 rings (SSSR count). The lowest BCUT2D eigenvalue weighted by atomic mass is 9.87. The van der Waals surface area contributed by atoms with Gasteiger partial charge in [-0.2, -0.15) is 0 Å². The second kappa shape index (κ2) is 12.4. The maximum atomic E-state index is 12.7. The molecule has 0 fully saturated rings. The number of hydrogen-bond donors (Lipinski definition) is 3. The zero-order valence-corrected chi connectivity index (χ0v) is 18.0. The predicted octanol–water partition coefficient (Wildman–Crippen LogP) is 4.33. The number of nitrogens with one attached hydrogen (secondary N) is 2. The molecule has 0 radical (unpaired) electrons. The molecule has 5 nitrogen and oxygen atoms in total. The molecule has 0 saturated carbocycles. The van der Waals surface area contributed by atoms with Crippen LogP contribution in [-0.2, 0) is 16.0 Å². The van der Waals surface area contributed by atoms with Crippen molar-refractivity contribution in [3.8, 4) is 5.75 Å². The highest BCUT2D eigenvalue weighted by Crippen LogP contribution is 2.21.